The first-order valence-corrected chi connectivity index (χ1v) is 9.36. The van der Waals surface area contributed by atoms with Gasteiger partial charge in [0.05, 0.1) is 20.1 Å². The lowest BCUT2D eigenvalue weighted by molar-refractivity contribution is -0.141. The van der Waals surface area contributed by atoms with E-state index in [2.05, 4.69) is 0 Å². The van der Waals surface area contributed by atoms with Gasteiger partial charge in [-0.1, -0.05) is 18.2 Å². The largest absolute Gasteiger partial charge is 0.492 e. The average Bonchev–Trinajstić information content (AvgIpc) is 3.25. The normalized spacial score (nSPS) is 20.3. The number of esters is 1. The number of ether oxygens (including phenoxy) is 3. The van der Waals surface area contributed by atoms with Gasteiger partial charge in [0.1, 0.15) is 17.6 Å². The summed E-state index contributed by atoms with van der Waals surface area (Å²) in [5.41, 5.74) is 2.83. The number of aryl methyl sites for hydroxylation is 1. The number of carbonyl (C=O) groups is 1. The first kappa shape index (κ1) is 18.7. The molecule has 28 heavy (non-hydrogen) atoms. The lowest BCUT2D eigenvalue weighted by Gasteiger charge is -2.18. The predicted octanol–water partition coefficient (Wildman–Crippen LogP) is 4.90. The Morgan fingerprint density at radius 3 is 2.79 bits per heavy atom. The van der Waals surface area contributed by atoms with Crippen LogP contribution in [0.2, 0.25) is 0 Å². The molecule has 0 bridgehead atoms. The van der Waals surface area contributed by atoms with Crippen molar-refractivity contribution in [1.82, 2.24) is 0 Å². The summed E-state index contributed by atoms with van der Waals surface area (Å²) >= 11 is 0. The van der Waals surface area contributed by atoms with E-state index in [4.69, 9.17) is 14.2 Å². The molecule has 0 aromatic heterocycles. The van der Waals surface area contributed by atoms with Crippen LogP contribution in [0.4, 0.5) is 8.78 Å². The second kappa shape index (κ2) is 7.08. The van der Waals surface area contributed by atoms with Gasteiger partial charge in [-0.25, -0.2) is 8.78 Å². The molecule has 0 amide bonds. The van der Waals surface area contributed by atoms with E-state index >= 15 is 0 Å². The third-order valence-corrected chi connectivity index (χ3v) is 5.46. The van der Waals surface area contributed by atoms with E-state index in [1.165, 1.54) is 13.2 Å². The summed E-state index contributed by atoms with van der Waals surface area (Å²) in [6.07, 6.45) is 1.56. The van der Waals surface area contributed by atoms with Crippen LogP contribution >= 0.6 is 0 Å². The SMILES string of the molecule is COC(=O)C[C@@H]1COc2cc(O[C@@H]3CCc4ccc(C(C)(F)F)cc43)ccc21. The summed E-state index contributed by atoms with van der Waals surface area (Å²) in [5, 5.41) is 0. The van der Waals surface area contributed by atoms with Crippen molar-refractivity contribution in [2.75, 3.05) is 13.7 Å². The van der Waals surface area contributed by atoms with Crippen LogP contribution in [0.1, 0.15) is 54.0 Å². The van der Waals surface area contributed by atoms with Crippen LogP contribution in [0.25, 0.3) is 0 Å². The first-order valence-electron chi connectivity index (χ1n) is 9.36. The summed E-state index contributed by atoms with van der Waals surface area (Å²) in [7, 11) is 1.37. The molecular weight excluding hydrogens is 366 g/mol. The Balaban J connectivity index is 1.52. The van der Waals surface area contributed by atoms with Gasteiger partial charge >= 0.3 is 5.97 Å². The van der Waals surface area contributed by atoms with Crippen molar-refractivity contribution >= 4 is 5.97 Å². The summed E-state index contributed by atoms with van der Waals surface area (Å²) in [6, 6.07) is 10.4. The molecule has 6 heteroatoms. The average molecular weight is 388 g/mol. The molecule has 0 saturated heterocycles. The fourth-order valence-electron chi connectivity index (χ4n) is 3.91. The van der Waals surface area contributed by atoms with E-state index in [9.17, 15) is 13.6 Å². The molecule has 1 aliphatic carbocycles. The van der Waals surface area contributed by atoms with Gasteiger partial charge in [0.15, 0.2) is 0 Å². The Labute approximate surface area is 162 Å². The minimum absolute atomic E-state index is 0.00434. The highest BCUT2D eigenvalue weighted by atomic mass is 19.3. The number of benzene rings is 2. The molecule has 0 unspecified atom stereocenters. The smallest absolute Gasteiger partial charge is 0.306 e. The van der Waals surface area contributed by atoms with Crippen molar-refractivity contribution in [2.45, 2.75) is 44.1 Å². The Bertz CT molecular complexity index is 904. The molecule has 4 rings (SSSR count). The zero-order valence-corrected chi connectivity index (χ0v) is 15.8. The second-order valence-corrected chi connectivity index (χ2v) is 7.43. The molecule has 1 heterocycles. The molecule has 0 N–H and O–H groups in total. The van der Waals surface area contributed by atoms with Crippen LogP contribution in [-0.4, -0.2) is 19.7 Å². The Kier molecular flexibility index (Phi) is 4.73. The lowest BCUT2D eigenvalue weighted by Crippen LogP contribution is -2.10. The van der Waals surface area contributed by atoms with Crippen molar-refractivity contribution in [2.24, 2.45) is 0 Å². The number of alkyl halides is 2. The van der Waals surface area contributed by atoms with Gasteiger partial charge in [-0.05, 0) is 36.1 Å². The van der Waals surface area contributed by atoms with Gasteiger partial charge in [0.25, 0.3) is 5.92 Å². The Hall–Kier alpha value is -2.63. The van der Waals surface area contributed by atoms with Gasteiger partial charge in [-0.15, -0.1) is 0 Å². The van der Waals surface area contributed by atoms with E-state index in [0.29, 0.717) is 18.1 Å². The van der Waals surface area contributed by atoms with Gasteiger partial charge in [0, 0.05) is 30.0 Å². The maximum atomic E-state index is 13.7. The van der Waals surface area contributed by atoms with Crippen molar-refractivity contribution in [3.63, 3.8) is 0 Å². The minimum Gasteiger partial charge on any atom is -0.492 e. The van der Waals surface area contributed by atoms with E-state index in [1.54, 1.807) is 12.1 Å². The van der Waals surface area contributed by atoms with Crippen LogP contribution in [0.5, 0.6) is 11.5 Å². The third kappa shape index (κ3) is 3.55. The third-order valence-electron chi connectivity index (χ3n) is 5.46. The van der Waals surface area contributed by atoms with Crippen LogP contribution in [0.15, 0.2) is 36.4 Å². The van der Waals surface area contributed by atoms with E-state index in [0.717, 1.165) is 36.5 Å². The number of fused-ring (bicyclic) bond motifs is 2. The fourth-order valence-corrected chi connectivity index (χ4v) is 3.91. The fraction of sp³-hybridized carbons (Fsp3) is 0.409. The van der Waals surface area contributed by atoms with Gasteiger partial charge in [0.2, 0.25) is 0 Å². The zero-order chi connectivity index (χ0) is 19.9. The lowest BCUT2D eigenvalue weighted by atomic mass is 9.98. The molecule has 2 aromatic rings. The molecular formula is C22H22F2O4. The van der Waals surface area contributed by atoms with Crippen molar-refractivity contribution < 1.29 is 27.8 Å². The maximum Gasteiger partial charge on any atom is 0.306 e. The molecule has 2 atom stereocenters. The zero-order valence-electron chi connectivity index (χ0n) is 15.8. The maximum absolute atomic E-state index is 13.7. The van der Waals surface area contributed by atoms with Gasteiger partial charge in [-0.2, -0.15) is 0 Å². The Morgan fingerprint density at radius 2 is 2.04 bits per heavy atom. The number of hydrogen-bond acceptors (Lipinski definition) is 4. The minimum atomic E-state index is -2.88. The summed E-state index contributed by atoms with van der Waals surface area (Å²) in [5.74, 6) is -1.86. The first-order chi connectivity index (χ1) is 13.3. The Morgan fingerprint density at radius 1 is 1.21 bits per heavy atom. The van der Waals surface area contributed by atoms with E-state index in [-0.39, 0.29) is 30.0 Å². The highest BCUT2D eigenvalue weighted by Crippen LogP contribution is 2.42. The molecule has 1 aliphatic heterocycles. The van der Waals surface area contributed by atoms with E-state index in [1.807, 2.05) is 18.2 Å². The molecule has 0 spiro atoms. The van der Waals surface area contributed by atoms with Gasteiger partial charge < -0.3 is 14.2 Å². The second-order valence-electron chi connectivity index (χ2n) is 7.43. The molecule has 148 valence electrons. The number of halogens is 2. The van der Waals surface area contributed by atoms with Crippen molar-refractivity contribution in [3.05, 3.63) is 58.7 Å². The number of rotatable bonds is 5. The topological polar surface area (TPSA) is 44.8 Å². The number of carbonyl (C=O) groups excluding carboxylic acids is 1. The summed E-state index contributed by atoms with van der Waals surface area (Å²) in [6.45, 7) is 1.33. The van der Waals surface area contributed by atoms with E-state index < -0.39 is 5.92 Å². The molecule has 0 fully saturated rings. The van der Waals surface area contributed by atoms with Crippen molar-refractivity contribution in [3.8, 4) is 11.5 Å². The predicted molar refractivity (Wildman–Crippen MR) is 99.0 cm³/mol. The molecule has 2 aromatic carbocycles. The standard InChI is InChI=1S/C22H22F2O4/c1-22(23,24)15-5-3-13-4-8-19(18(13)10-15)28-16-6-7-17-14(9-21(25)26-2)12-27-20(17)11-16/h3,5-7,10-11,14,19H,4,8-9,12H2,1-2H3/t14-,19-/m1/s1. The molecule has 0 radical (unpaired) electrons. The quantitative estimate of drug-likeness (QED) is 0.683. The highest BCUT2D eigenvalue weighted by Gasteiger charge is 2.31. The monoisotopic (exact) mass is 388 g/mol. The van der Waals surface area contributed by atoms with Crippen LogP contribution < -0.4 is 9.47 Å². The number of hydrogen-bond donors (Lipinski definition) is 0. The van der Waals surface area contributed by atoms with Crippen LogP contribution in [-0.2, 0) is 21.9 Å². The molecule has 0 saturated carbocycles. The highest BCUT2D eigenvalue weighted by molar-refractivity contribution is 5.71. The molecule has 2 aliphatic rings. The van der Waals surface area contributed by atoms with Crippen LogP contribution in [0, 0.1) is 0 Å². The van der Waals surface area contributed by atoms with Gasteiger partial charge in [-0.3, -0.25) is 4.79 Å². The molecule has 4 nitrogen and oxygen atoms in total. The van der Waals surface area contributed by atoms with Crippen LogP contribution in [0.3, 0.4) is 0 Å². The number of methoxy groups -OCH3 is 1. The summed E-state index contributed by atoms with van der Waals surface area (Å²) < 4.78 is 43.9. The van der Waals surface area contributed by atoms with Crippen molar-refractivity contribution in [1.29, 1.82) is 0 Å². The summed E-state index contributed by atoms with van der Waals surface area (Å²) in [4.78, 5) is 11.5.